The second-order valence-electron chi connectivity index (χ2n) is 7.34. The second kappa shape index (κ2) is 6.82. The largest absolute Gasteiger partial charge is 0.368 e. The Bertz CT molecular complexity index is 1190. The van der Waals surface area contributed by atoms with Crippen molar-refractivity contribution in [1.82, 2.24) is 24.2 Å². The summed E-state index contributed by atoms with van der Waals surface area (Å²) in [5.41, 5.74) is 1.56. The zero-order chi connectivity index (χ0) is 20.0. The van der Waals surface area contributed by atoms with Crippen molar-refractivity contribution in [2.75, 3.05) is 18.4 Å². The zero-order valence-corrected chi connectivity index (χ0v) is 16.3. The molecule has 29 heavy (non-hydrogen) atoms. The summed E-state index contributed by atoms with van der Waals surface area (Å²) in [4.78, 5) is 19.4. The molecule has 1 amide bonds. The standard InChI is InChI=1S/C19H20N6O3S/c26-19(14-11-21-25-10-4-8-20-18(14)25)24-9-3-5-13(12-24)17-22-15-6-1-2-7-16(15)29(27,28)23-17/h1-2,4,6-8,10-11,13,17,22-23H,3,5,9,12H2/t13-,17+/m1/s1. The number of para-hydroxylation sites is 1. The number of carbonyl (C=O) groups excluding carboxylic acids is 1. The van der Waals surface area contributed by atoms with Crippen molar-refractivity contribution in [3.05, 3.63) is 54.5 Å². The monoisotopic (exact) mass is 412 g/mol. The number of piperidine rings is 1. The topological polar surface area (TPSA) is 109 Å². The van der Waals surface area contributed by atoms with Gasteiger partial charge >= 0.3 is 0 Å². The summed E-state index contributed by atoms with van der Waals surface area (Å²) in [5.74, 6) is -0.187. The lowest BCUT2D eigenvalue weighted by Crippen LogP contribution is -2.54. The molecule has 150 valence electrons. The quantitative estimate of drug-likeness (QED) is 0.657. The van der Waals surface area contributed by atoms with Crippen molar-refractivity contribution in [3.63, 3.8) is 0 Å². The molecule has 2 aliphatic rings. The highest BCUT2D eigenvalue weighted by Crippen LogP contribution is 2.30. The van der Waals surface area contributed by atoms with Crippen molar-refractivity contribution >= 4 is 27.3 Å². The Kier molecular flexibility index (Phi) is 4.25. The molecular weight excluding hydrogens is 392 g/mol. The van der Waals surface area contributed by atoms with E-state index in [-0.39, 0.29) is 16.7 Å². The molecule has 2 N–H and O–H groups in total. The number of sulfonamides is 1. The number of rotatable bonds is 2. The first-order chi connectivity index (χ1) is 14.0. The summed E-state index contributed by atoms with van der Waals surface area (Å²) in [7, 11) is -3.59. The minimum Gasteiger partial charge on any atom is -0.368 e. The van der Waals surface area contributed by atoms with Crippen LogP contribution in [-0.2, 0) is 10.0 Å². The van der Waals surface area contributed by atoms with Crippen molar-refractivity contribution in [1.29, 1.82) is 0 Å². The molecule has 9 nitrogen and oxygen atoms in total. The normalized spacial score (nSPS) is 23.4. The molecule has 0 radical (unpaired) electrons. The highest BCUT2D eigenvalue weighted by molar-refractivity contribution is 7.89. The number of carbonyl (C=O) groups is 1. The predicted molar refractivity (Wildman–Crippen MR) is 106 cm³/mol. The number of nitrogens with zero attached hydrogens (tertiary/aromatic N) is 4. The third-order valence-corrected chi connectivity index (χ3v) is 7.00. The van der Waals surface area contributed by atoms with Crippen LogP contribution in [0.5, 0.6) is 0 Å². The number of aromatic nitrogens is 3. The maximum Gasteiger partial charge on any atom is 0.259 e. The number of amides is 1. The van der Waals surface area contributed by atoms with E-state index in [1.54, 1.807) is 52.1 Å². The van der Waals surface area contributed by atoms with E-state index in [4.69, 9.17) is 0 Å². The van der Waals surface area contributed by atoms with Crippen LogP contribution < -0.4 is 10.0 Å². The zero-order valence-electron chi connectivity index (χ0n) is 15.5. The van der Waals surface area contributed by atoms with Gasteiger partial charge < -0.3 is 10.2 Å². The average Bonchev–Trinajstić information content (AvgIpc) is 3.17. The molecule has 1 saturated heterocycles. The van der Waals surface area contributed by atoms with Gasteiger partial charge in [-0.25, -0.2) is 17.9 Å². The summed E-state index contributed by atoms with van der Waals surface area (Å²) in [5, 5.41) is 7.48. The number of anilines is 1. The van der Waals surface area contributed by atoms with Gasteiger partial charge in [0.05, 0.1) is 18.1 Å². The summed E-state index contributed by atoms with van der Waals surface area (Å²) in [6.45, 7) is 1.07. The van der Waals surface area contributed by atoms with Crippen LogP contribution >= 0.6 is 0 Å². The van der Waals surface area contributed by atoms with Crippen LogP contribution in [-0.4, -0.2) is 53.1 Å². The van der Waals surface area contributed by atoms with Crippen molar-refractivity contribution in [2.24, 2.45) is 5.92 Å². The number of benzene rings is 1. The van der Waals surface area contributed by atoms with Gasteiger partial charge in [0, 0.05) is 31.4 Å². The van der Waals surface area contributed by atoms with Crippen molar-refractivity contribution in [2.45, 2.75) is 23.9 Å². The van der Waals surface area contributed by atoms with Gasteiger partial charge in [-0.2, -0.15) is 9.82 Å². The Labute approximate surface area is 167 Å². The average molecular weight is 412 g/mol. The first-order valence-corrected chi connectivity index (χ1v) is 11.0. The molecule has 0 unspecified atom stereocenters. The lowest BCUT2D eigenvalue weighted by molar-refractivity contribution is 0.0660. The van der Waals surface area contributed by atoms with Gasteiger partial charge in [0.25, 0.3) is 5.91 Å². The highest BCUT2D eigenvalue weighted by atomic mass is 32.2. The Morgan fingerprint density at radius 1 is 1.21 bits per heavy atom. The number of hydrogen-bond acceptors (Lipinski definition) is 6. The number of likely N-dealkylation sites (tertiary alicyclic amines) is 1. The van der Waals surface area contributed by atoms with Gasteiger partial charge in [-0.3, -0.25) is 4.79 Å². The fourth-order valence-corrected chi connectivity index (χ4v) is 5.46. The summed E-state index contributed by atoms with van der Waals surface area (Å²) >= 11 is 0. The molecule has 2 aliphatic heterocycles. The molecular formula is C19H20N6O3S. The number of fused-ring (bicyclic) bond motifs is 2. The highest BCUT2D eigenvalue weighted by Gasteiger charge is 2.37. The van der Waals surface area contributed by atoms with Crippen LogP contribution in [0.4, 0.5) is 5.69 Å². The molecule has 1 aromatic carbocycles. The van der Waals surface area contributed by atoms with Crippen molar-refractivity contribution in [3.8, 4) is 0 Å². The smallest absolute Gasteiger partial charge is 0.259 e. The van der Waals surface area contributed by atoms with Crippen LogP contribution in [0.3, 0.4) is 0 Å². The second-order valence-corrected chi connectivity index (χ2v) is 9.02. The summed E-state index contributed by atoms with van der Waals surface area (Å²) in [6, 6.07) is 8.60. The van der Waals surface area contributed by atoms with E-state index in [1.165, 1.54) is 6.20 Å². The minimum atomic E-state index is -3.59. The summed E-state index contributed by atoms with van der Waals surface area (Å²) < 4.78 is 29.6. The molecule has 1 fully saturated rings. The molecule has 4 heterocycles. The first kappa shape index (κ1) is 18.1. The Morgan fingerprint density at radius 3 is 2.97 bits per heavy atom. The van der Waals surface area contributed by atoms with Gasteiger partial charge in [0.1, 0.15) is 10.5 Å². The Balaban J connectivity index is 1.38. The molecule has 0 saturated carbocycles. The lowest BCUT2D eigenvalue weighted by Gasteiger charge is -2.39. The van der Waals surface area contributed by atoms with Gasteiger partial charge in [0.15, 0.2) is 5.65 Å². The first-order valence-electron chi connectivity index (χ1n) is 9.48. The van der Waals surface area contributed by atoms with Gasteiger partial charge in [0.2, 0.25) is 10.0 Å². The molecule has 3 aromatic rings. The fraction of sp³-hybridized carbons (Fsp3) is 0.316. The third-order valence-electron chi connectivity index (χ3n) is 5.50. The molecule has 0 spiro atoms. The Hall–Kier alpha value is -2.98. The summed E-state index contributed by atoms with van der Waals surface area (Å²) in [6.07, 6.45) is 6.06. The predicted octanol–water partition coefficient (Wildman–Crippen LogP) is 1.31. The molecule has 2 aromatic heterocycles. The van der Waals surface area contributed by atoms with E-state index < -0.39 is 16.2 Å². The van der Waals surface area contributed by atoms with E-state index >= 15 is 0 Å². The van der Waals surface area contributed by atoms with E-state index in [0.717, 1.165) is 12.8 Å². The van der Waals surface area contributed by atoms with Crippen LogP contribution in [0, 0.1) is 5.92 Å². The van der Waals surface area contributed by atoms with Crippen LogP contribution in [0.2, 0.25) is 0 Å². The number of hydrogen-bond donors (Lipinski definition) is 2. The van der Waals surface area contributed by atoms with Gasteiger partial charge in [-0.05, 0) is 31.0 Å². The maximum atomic E-state index is 13.1. The van der Waals surface area contributed by atoms with E-state index in [9.17, 15) is 13.2 Å². The SMILES string of the molecule is O=C(c1cnn2cccnc12)N1CCC[C@@H]([C@H]2Nc3ccccc3S(=O)(=O)N2)C1. The minimum absolute atomic E-state index is 0.0503. The molecule has 2 atom stereocenters. The third kappa shape index (κ3) is 3.14. The van der Waals surface area contributed by atoms with Crippen molar-refractivity contribution < 1.29 is 13.2 Å². The molecule has 10 heteroatoms. The fourth-order valence-electron chi connectivity index (χ4n) is 4.08. The van der Waals surface area contributed by atoms with Crippen LogP contribution in [0.1, 0.15) is 23.2 Å². The number of nitrogens with one attached hydrogen (secondary N) is 2. The van der Waals surface area contributed by atoms with Crippen LogP contribution in [0.15, 0.2) is 53.8 Å². The molecule has 5 rings (SSSR count). The van der Waals surface area contributed by atoms with Gasteiger partial charge in [-0.15, -0.1) is 0 Å². The Morgan fingerprint density at radius 2 is 2.07 bits per heavy atom. The molecule has 0 aliphatic carbocycles. The van der Waals surface area contributed by atoms with Gasteiger partial charge in [-0.1, -0.05) is 12.1 Å². The van der Waals surface area contributed by atoms with E-state index in [1.807, 2.05) is 0 Å². The lowest BCUT2D eigenvalue weighted by atomic mass is 9.94. The van der Waals surface area contributed by atoms with E-state index in [0.29, 0.717) is 30.0 Å². The maximum absolute atomic E-state index is 13.1. The van der Waals surface area contributed by atoms with E-state index in [2.05, 4.69) is 20.1 Å². The molecule has 0 bridgehead atoms. The van der Waals surface area contributed by atoms with Crippen LogP contribution in [0.25, 0.3) is 5.65 Å².